The van der Waals surface area contributed by atoms with Crippen molar-refractivity contribution in [3.63, 3.8) is 0 Å². The second kappa shape index (κ2) is 4.28. The highest BCUT2D eigenvalue weighted by Gasteiger charge is 2.28. The average molecular weight is 144 g/mol. The zero-order valence-electron chi connectivity index (χ0n) is 6.92. The predicted octanol–water partition coefficient (Wildman–Crippen LogP) is 0.202. The van der Waals surface area contributed by atoms with Crippen LogP contribution in [0.15, 0.2) is 0 Å². The lowest BCUT2D eigenvalue weighted by atomic mass is 10.0. The van der Waals surface area contributed by atoms with Gasteiger partial charge in [-0.2, -0.15) is 0 Å². The van der Waals surface area contributed by atoms with Crippen LogP contribution in [-0.4, -0.2) is 30.4 Å². The van der Waals surface area contributed by atoms with Gasteiger partial charge in [0.15, 0.2) is 0 Å². The summed E-state index contributed by atoms with van der Waals surface area (Å²) in [5, 5.41) is 0. The van der Waals surface area contributed by atoms with Crippen molar-refractivity contribution < 1.29 is 4.79 Å². The van der Waals surface area contributed by atoms with E-state index in [2.05, 4.69) is 0 Å². The third-order valence-corrected chi connectivity index (χ3v) is 1.62. The van der Waals surface area contributed by atoms with Gasteiger partial charge >= 0.3 is 0 Å². The van der Waals surface area contributed by atoms with Gasteiger partial charge in [-0.1, -0.05) is 13.8 Å². The van der Waals surface area contributed by atoms with Crippen molar-refractivity contribution in [2.45, 2.75) is 26.3 Å². The van der Waals surface area contributed by atoms with Crippen LogP contribution in [0.4, 0.5) is 0 Å². The monoisotopic (exact) mass is 144 g/mol. The largest absolute Gasteiger partial charge is 0.368 e. The van der Waals surface area contributed by atoms with E-state index in [0.717, 1.165) is 13.0 Å². The molecule has 1 saturated heterocycles. The molecule has 10 heavy (non-hydrogen) atoms. The number of rotatable bonds is 1. The highest BCUT2D eigenvalue weighted by molar-refractivity contribution is 5.80. The van der Waals surface area contributed by atoms with Crippen LogP contribution in [-0.2, 0) is 4.79 Å². The highest BCUT2D eigenvalue weighted by atomic mass is 16.1. The number of primary amides is 1. The van der Waals surface area contributed by atoms with Gasteiger partial charge in [0.25, 0.3) is 0 Å². The molecule has 1 heterocycles. The summed E-state index contributed by atoms with van der Waals surface area (Å²) in [6.45, 7) is 5.01. The van der Waals surface area contributed by atoms with Crippen LogP contribution < -0.4 is 5.73 Å². The molecular formula is C7H16N2O. The predicted molar refractivity (Wildman–Crippen MR) is 41.6 cm³/mol. The van der Waals surface area contributed by atoms with Crippen LogP contribution in [0.25, 0.3) is 0 Å². The molecule has 3 nitrogen and oxygen atoms in total. The summed E-state index contributed by atoms with van der Waals surface area (Å²) in [4.78, 5) is 12.3. The minimum Gasteiger partial charge on any atom is -0.368 e. The molecule has 0 bridgehead atoms. The Hall–Kier alpha value is -0.570. The molecule has 0 aromatic heterocycles. The molecule has 1 aliphatic heterocycles. The van der Waals surface area contributed by atoms with Crippen molar-refractivity contribution in [2.24, 2.45) is 5.73 Å². The van der Waals surface area contributed by atoms with Crippen LogP contribution in [0, 0.1) is 0 Å². The van der Waals surface area contributed by atoms with Crippen molar-refractivity contribution in [1.29, 1.82) is 0 Å². The van der Waals surface area contributed by atoms with Gasteiger partial charge in [-0.05, 0) is 13.5 Å². The molecule has 1 aliphatic rings. The lowest BCUT2D eigenvalue weighted by Gasteiger charge is -2.34. The molecule has 60 valence electrons. The van der Waals surface area contributed by atoms with E-state index in [4.69, 9.17) is 5.73 Å². The smallest absolute Gasteiger partial charge is 0.234 e. The minimum absolute atomic E-state index is 0.0231. The normalized spacial score (nSPS) is 24.1. The van der Waals surface area contributed by atoms with Crippen molar-refractivity contribution >= 4 is 5.91 Å². The number of carbonyl (C=O) groups excluding carboxylic acids is 1. The Bertz CT molecular complexity index is 114. The van der Waals surface area contributed by atoms with Gasteiger partial charge in [0.1, 0.15) is 0 Å². The Morgan fingerprint density at radius 2 is 2.10 bits per heavy atom. The van der Waals surface area contributed by atoms with E-state index in [0.29, 0.717) is 0 Å². The molecule has 1 rings (SSSR count). The van der Waals surface area contributed by atoms with E-state index < -0.39 is 0 Å². The van der Waals surface area contributed by atoms with Crippen LogP contribution >= 0.6 is 0 Å². The molecule has 0 aromatic rings. The highest BCUT2D eigenvalue weighted by Crippen LogP contribution is 2.12. The van der Waals surface area contributed by atoms with Gasteiger partial charge in [0, 0.05) is 6.54 Å². The third kappa shape index (κ3) is 1.99. The molecule has 0 radical (unpaired) electrons. The summed E-state index contributed by atoms with van der Waals surface area (Å²) in [6.07, 6.45) is 0.936. The first-order valence-corrected chi connectivity index (χ1v) is 3.71. The first kappa shape index (κ1) is 9.43. The van der Waals surface area contributed by atoms with Gasteiger partial charge < -0.3 is 5.73 Å². The maximum Gasteiger partial charge on any atom is 0.234 e. The van der Waals surface area contributed by atoms with E-state index in [9.17, 15) is 4.79 Å². The Labute approximate surface area is 62.2 Å². The third-order valence-electron chi connectivity index (χ3n) is 1.62. The summed E-state index contributed by atoms with van der Waals surface area (Å²) in [7, 11) is 1.90. The molecule has 1 fully saturated rings. The van der Waals surface area contributed by atoms with Gasteiger partial charge in [0.05, 0.1) is 6.04 Å². The van der Waals surface area contributed by atoms with E-state index >= 15 is 0 Å². The fourth-order valence-corrected chi connectivity index (χ4v) is 0.876. The SMILES string of the molecule is CC.CN1CCC1C(N)=O. The molecular weight excluding hydrogens is 128 g/mol. The Morgan fingerprint density at radius 1 is 1.60 bits per heavy atom. The van der Waals surface area contributed by atoms with E-state index in [-0.39, 0.29) is 11.9 Å². The lowest BCUT2D eigenvalue weighted by Crippen LogP contribution is -2.52. The molecule has 2 N–H and O–H groups in total. The quantitative estimate of drug-likeness (QED) is 0.571. The number of likely N-dealkylation sites (tertiary alicyclic amines) is 1. The van der Waals surface area contributed by atoms with E-state index in [1.54, 1.807) is 0 Å². The fraction of sp³-hybridized carbons (Fsp3) is 0.857. The molecule has 1 atom stereocenters. The van der Waals surface area contributed by atoms with Gasteiger partial charge in [-0.3, -0.25) is 9.69 Å². The molecule has 3 heteroatoms. The Balaban J connectivity index is 0.000000371. The molecule has 0 spiro atoms. The van der Waals surface area contributed by atoms with Gasteiger partial charge in [-0.15, -0.1) is 0 Å². The van der Waals surface area contributed by atoms with E-state index in [1.807, 2.05) is 25.8 Å². The standard InChI is InChI=1S/C5H10N2O.C2H6/c1-7-3-2-4(7)5(6)8;1-2/h4H,2-3H2,1H3,(H2,6,8);1-2H3. The average Bonchev–Trinajstić information content (AvgIpc) is 1.88. The number of nitrogens with two attached hydrogens (primary N) is 1. The molecule has 0 saturated carbocycles. The van der Waals surface area contributed by atoms with Crippen molar-refractivity contribution in [3.8, 4) is 0 Å². The summed E-state index contributed by atoms with van der Waals surface area (Å²) in [5.41, 5.74) is 5.01. The molecule has 1 unspecified atom stereocenters. The van der Waals surface area contributed by atoms with Gasteiger partial charge in [-0.25, -0.2) is 0 Å². The van der Waals surface area contributed by atoms with Crippen molar-refractivity contribution in [1.82, 2.24) is 4.90 Å². The molecule has 1 amide bonds. The summed E-state index contributed by atoms with van der Waals surface area (Å²) >= 11 is 0. The van der Waals surface area contributed by atoms with Crippen LogP contribution in [0.5, 0.6) is 0 Å². The van der Waals surface area contributed by atoms with Crippen LogP contribution in [0.2, 0.25) is 0 Å². The zero-order chi connectivity index (χ0) is 8.15. The number of amides is 1. The molecule has 0 aromatic carbocycles. The van der Waals surface area contributed by atoms with Crippen LogP contribution in [0.3, 0.4) is 0 Å². The second-order valence-electron chi connectivity index (χ2n) is 2.19. The molecule has 0 aliphatic carbocycles. The lowest BCUT2D eigenvalue weighted by molar-refractivity contribution is -0.126. The summed E-state index contributed by atoms with van der Waals surface area (Å²) in [5.74, 6) is -0.196. The van der Waals surface area contributed by atoms with Crippen molar-refractivity contribution in [3.05, 3.63) is 0 Å². The second-order valence-corrected chi connectivity index (χ2v) is 2.19. The summed E-state index contributed by atoms with van der Waals surface area (Å²) in [6, 6.07) is 0.0231. The number of hydrogen-bond donors (Lipinski definition) is 1. The first-order valence-electron chi connectivity index (χ1n) is 3.71. The maximum atomic E-state index is 10.4. The topological polar surface area (TPSA) is 46.3 Å². The summed E-state index contributed by atoms with van der Waals surface area (Å²) < 4.78 is 0. The fourth-order valence-electron chi connectivity index (χ4n) is 0.876. The van der Waals surface area contributed by atoms with Crippen molar-refractivity contribution in [2.75, 3.05) is 13.6 Å². The Kier molecular flexibility index (Phi) is 4.03. The van der Waals surface area contributed by atoms with Crippen LogP contribution in [0.1, 0.15) is 20.3 Å². The zero-order valence-corrected chi connectivity index (χ0v) is 6.92. The number of hydrogen-bond acceptors (Lipinski definition) is 2. The van der Waals surface area contributed by atoms with E-state index in [1.165, 1.54) is 0 Å². The number of likely N-dealkylation sites (N-methyl/N-ethyl adjacent to an activating group) is 1. The number of nitrogens with zero attached hydrogens (tertiary/aromatic N) is 1. The Morgan fingerprint density at radius 3 is 2.10 bits per heavy atom. The minimum atomic E-state index is -0.196. The van der Waals surface area contributed by atoms with Gasteiger partial charge in [0.2, 0.25) is 5.91 Å². The number of carbonyl (C=O) groups is 1. The maximum absolute atomic E-state index is 10.4. The first-order chi connectivity index (χ1) is 4.72.